The van der Waals surface area contributed by atoms with Gasteiger partial charge in [-0.2, -0.15) is 0 Å². The number of aromatic amines is 1. The summed E-state index contributed by atoms with van der Waals surface area (Å²) in [7, 11) is 0. The fourth-order valence-corrected chi connectivity index (χ4v) is 3.89. The first-order valence-electron chi connectivity index (χ1n) is 9.61. The number of piperidine rings is 1. The Bertz CT molecular complexity index is 911. The van der Waals surface area contributed by atoms with Crippen molar-refractivity contribution in [2.45, 2.75) is 32.1 Å². The van der Waals surface area contributed by atoms with E-state index in [1.807, 2.05) is 29.2 Å². The molecule has 0 unspecified atom stereocenters. The first kappa shape index (κ1) is 17.7. The van der Waals surface area contributed by atoms with Crippen molar-refractivity contribution in [3.63, 3.8) is 0 Å². The lowest BCUT2D eigenvalue weighted by Crippen LogP contribution is -2.39. The van der Waals surface area contributed by atoms with Crippen molar-refractivity contribution in [1.82, 2.24) is 14.9 Å². The standard InChI is InChI=1S/C22H24FN3O/c23-19-5-1-16(2-6-19)13-18-9-11-26(12-10-18)22(27)8-4-17-3-7-20-21(14-17)25-15-24-20/h1-3,5-7,14-15,18H,4,8-13H2,(H,24,25). The quantitative estimate of drug-likeness (QED) is 0.739. The highest BCUT2D eigenvalue weighted by atomic mass is 19.1. The zero-order valence-corrected chi connectivity index (χ0v) is 15.3. The number of carbonyl (C=O) groups is 1. The van der Waals surface area contributed by atoms with Crippen LogP contribution in [0.3, 0.4) is 0 Å². The van der Waals surface area contributed by atoms with E-state index in [1.54, 1.807) is 6.33 Å². The minimum atomic E-state index is -0.189. The van der Waals surface area contributed by atoms with E-state index in [0.717, 1.165) is 55.4 Å². The third-order valence-corrected chi connectivity index (χ3v) is 5.52. The van der Waals surface area contributed by atoms with Crippen LogP contribution < -0.4 is 0 Å². The number of nitrogens with one attached hydrogen (secondary N) is 1. The Kier molecular flexibility index (Phi) is 5.19. The maximum absolute atomic E-state index is 13.0. The van der Waals surface area contributed by atoms with Gasteiger partial charge in [-0.15, -0.1) is 0 Å². The van der Waals surface area contributed by atoms with Gasteiger partial charge in [0.25, 0.3) is 0 Å². The number of hydrogen-bond donors (Lipinski definition) is 1. The van der Waals surface area contributed by atoms with Crippen LogP contribution in [0.2, 0.25) is 0 Å². The molecule has 0 atom stereocenters. The molecule has 0 aliphatic carbocycles. The van der Waals surface area contributed by atoms with Crippen LogP contribution in [0.15, 0.2) is 48.8 Å². The van der Waals surface area contributed by atoms with Crippen LogP contribution in [0, 0.1) is 11.7 Å². The lowest BCUT2D eigenvalue weighted by atomic mass is 9.90. The zero-order valence-electron chi connectivity index (χ0n) is 15.3. The van der Waals surface area contributed by atoms with Gasteiger partial charge in [-0.05, 0) is 67.0 Å². The van der Waals surface area contributed by atoms with E-state index in [-0.39, 0.29) is 11.7 Å². The average Bonchev–Trinajstić information content (AvgIpc) is 3.16. The molecule has 4 rings (SSSR count). The number of benzene rings is 2. The normalized spacial score (nSPS) is 15.4. The lowest BCUT2D eigenvalue weighted by Gasteiger charge is -2.32. The van der Waals surface area contributed by atoms with Gasteiger partial charge < -0.3 is 9.88 Å². The van der Waals surface area contributed by atoms with Crippen LogP contribution in [0.5, 0.6) is 0 Å². The fourth-order valence-electron chi connectivity index (χ4n) is 3.89. The van der Waals surface area contributed by atoms with Crippen molar-refractivity contribution < 1.29 is 9.18 Å². The Labute approximate surface area is 158 Å². The molecule has 0 bridgehead atoms. The van der Waals surface area contributed by atoms with Crippen LogP contribution in [-0.2, 0) is 17.6 Å². The average molecular weight is 365 g/mol. The summed E-state index contributed by atoms with van der Waals surface area (Å²) < 4.78 is 13.0. The third kappa shape index (κ3) is 4.35. The molecule has 3 aromatic rings. The number of amides is 1. The van der Waals surface area contributed by atoms with E-state index in [4.69, 9.17) is 0 Å². The zero-order chi connectivity index (χ0) is 18.6. The predicted octanol–water partition coefficient (Wildman–Crippen LogP) is 4.12. The van der Waals surface area contributed by atoms with Gasteiger partial charge in [-0.3, -0.25) is 4.79 Å². The smallest absolute Gasteiger partial charge is 0.222 e. The molecule has 1 aliphatic heterocycles. The summed E-state index contributed by atoms with van der Waals surface area (Å²) in [5.41, 5.74) is 4.30. The van der Waals surface area contributed by atoms with Gasteiger partial charge in [0.15, 0.2) is 0 Å². The number of hydrogen-bond acceptors (Lipinski definition) is 2. The Hall–Kier alpha value is -2.69. The molecule has 0 radical (unpaired) electrons. The summed E-state index contributed by atoms with van der Waals surface area (Å²) in [4.78, 5) is 21.9. The number of H-pyrrole nitrogens is 1. The molecule has 27 heavy (non-hydrogen) atoms. The molecule has 2 aromatic carbocycles. The molecule has 0 saturated carbocycles. The third-order valence-electron chi connectivity index (χ3n) is 5.52. The molecule has 140 valence electrons. The molecule has 1 aliphatic rings. The minimum Gasteiger partial charge on any atom is -0.345 e. The van der Waals surface area contributed by atoms with E-state index in [1.165, 1.54) is 17.7 Å². The summed E-state index contributed by atoms with van der Waals surface area (Å²) in [5.74, 6) is 0.619. The number of rotatable bonds is 5. The molecule has 4 nitrogen and oxygen atoms in total. The van der Waals surface area contributed by atoms with E-state index in [9.17, 15) is 9.18 Å². The molecule has 1 aromatic heterocycles. The number of nitrogens with zero attached hydrogens (tertiary/aromatic N) is 2. The van der Waals surface area contributed by atoms with Gasteiger partial charge in [-0.25, -0.2) is 9.37 Å². The summed E-state index contributed by atoms with van der Waals surface area (Å²) in [6.07, 6.45) is 5.99. The largest absolute Gasteiger partial charge is 0.345 e. The molecule has 1 saturated heterocycles. The second kappa shape index (κ2) is 7.91. The second-order valence-corrected chi connectivity index (χ2v) is 7.41. The van der Waals surface area contributed by atoms with Gasteiger partial charge in [0.2, 0.25) is 5.91 Å². The van der Waals surface area contributed by atoms with E-state index in [2.05, 4.69) is 16.0 Å². The fraction of sp³-hybridized carbons (Fsp3) is 0.364. The summed E-state index contributed by atoms with van der Waals surface area (Å²) >= 11 is 0. The van der Waals surface area contributed by atoms with Crippen molar-refractivity contribution in [2.75, 3.05) is 13.1 Å². The summed E-state index contributed by atoms with van der Waals surface area (Å²) in [6, 6.07) is 12.9. The van der Waals surface area contributed by atoms with Crippen LogP contribution in [0.1, 0.15) is 30.4 Å². The highest BCUT2D eigenvalue weighted by Crippen LogP contribution is 2.23. The number of aryl methyl sites for hydroxylation is 1. The van der Waals surface area contributed by atoms with E-state index < -0.39 is 0 Å². The van der Waals surface area contributed by atoms with Crippen LogP contribution in [-0.4, -0.2) is 33.9 Å². The summed E-state index contributed by atoms with van der Waals surface area (Å²) in [6.45, 7) is 1.65. The van der Waals surface area contributed by atoms with Gasteiger partial charge in [0.05, 0.1) is 17.4 Å². The topological polar surface area (TPSA) is 49.0 Å². The number of aromatic nitrogens is 2. The Balaban J connectivity index is 1.25. The Morgan fingerprint density at radius 3 is 2.63 bits per heavy atom. The number of likely N-dealkylation sites (tertiary alicyclic amines) is 1. The molecule has 1 N–H and O–H groups in total. The number of halogens is 1. The monoisotopic (exact) mass is 365 g/mol. The van der Waals surface area contributed by atoms with Crippen molar-refractivity contribution in [3.8, 4) is 0 Å². The van der Waals surface area contributed by atoms with Crippen LogP contribution in [0.25, 0.3) is 11.0 Å². The Morgan fingerprint density at radius 1 is 1.11 bits per heavy atom. The highest BCUT2D eigenvalue weighted by Gasteiger charge is 2.22. The van der Waals surface area contributed by atoms with E-state index >= 15 is 0 Å². The summed E-state index contributed by atoms with van der Waals surface area (Å²) in [5, 5.41) is 0. The maximum atomic E-state index is 13.0. The molecule has 0 spiro atoms. The maximum Gasteiger partial charge on any atom is 0.222 e. The van der Waals surface area contributed by atoms with Crippen molar-refractivity contribution in [1.29, 1.82) is 0 Å². The molecule has 1 fully saturated rings. The SMILES string of the molecule is O=C(CCc1ccc2nc[nH]c2c1)N1CCC(Cc2ccc(F)cc2)CC1. The molecular formula is C22H24FN3O. The highest BCUT2D eigenvalue weighted by molar-refractivity contribution is 5.77. The first-order chi connectivity index (χ1) is 13.2. The van der Waals surface area contributed by atoms with E-state index in [0.29, 0.717) is 12.3 Å². The van der Waals surface area contributed by atoms with Crippen molar-refractivity contribution >= 4 is 16.9 Å². The van der Waals surface area contributed by atoms with Gasteiger partial charge in [0, 0.05) is 19.5 Å². The Morgan fingerprint density at radius 2 is 1.85 bits per heavy atom. The molecular weight excluding hydrogens is 341 g/mol. The molecule has 1 amide bonds. The number of imidazole rings is 1. The van der Waals surface area contributed by atoms with Crippen LogP contribution in [0.4, 0.5) is 4.39 Å². The first-order valence-corrected chi connectivity index (χ1v) is 9.61. The van der Waals surface area contributed by atoms with Gasteiger partial charge >= 0.3 is 0 Å². The second-order valence-electron chi connectivity index (χ2n) is 7.41. The van der Waals surface area contributed by atoms with Gasteiger partial charge in [-0.1, -0.05) is 18.2 Å². The van der Waals surface area contributed by atoms with Crippen molar-refractivity contribution in [2.24, 2.45) is 5.92 Å². The minimum absolute atomic E-state index is 0.189. The number of carbonyl (C=O) groups excluding carboxylic acids is 1. The number of fused-ring (bicyclic) bond motifs is 1. The lowest BCUT2D eigenvalue weighted by molar-refractivity contribution is -0.132. The molecule has 5 heteroatoms. The predicted molar refractivity (Wildman–Crippen MR) is 104 cm³/mol. The molecule has 2 heterocycles. The van der Waals surface area contributed by atoms with Gasteiger partial charge in [0.1, 0.15) is 5.82 Å². The van der Waals surface area contributed by atoms with Crippen LogP contribution >= 0.6 is 0 Å². The van der Waals surface area contributed by atoms with Crippen molar-refractivity contribution in [3.05, 3.63) is 65.7 Å².